The van der Waals surface area contributed by atoms with Gasteiger partial charge in [0.15, 0.2) is 0 Å². The van der Waals surface area contributed by atoms with E-state index >= 15 is 0 Å². The van der Waals surface area contributed by atoms with Gasteiger partial charge in [-0.05, 0) is 19.8 Å². The molecule has 1 atom stereocenters. The Morgan fingerprint density at radius 2 is 2.12 bits per heavy atom. The van der Waals surface area contributed by atoms with Gasteiger partial charge in [-0.15, -0.1) is 0 Å². The molecule has 0 bridgehead atoms. The Balaban J connectivity index is 2.48. The number of carbonyl (C=O) groups is 1. The Morgan fingerprint density at radius 1 is 1.56 bits per heavy atom. The van der Waals surface area contributed by atoms with Crippen molar-refractivity contribution in [1.29, 1.82) is 0 Å². The highest BCUT2D eigenvalue weighted by atomic mass is 16.7. The van der Waals surface area contributed by atoms with Gasteiger partial charge >= 0.3 is 0 Å². The van der Waals surface area contributed by atoms with Crippen molar-refractivity contribution in [2.75, 3.05) is 13.1 Å². The Labute approximate surface area is 94.7 Å². The molecule has 1 radical (unpaired) electrons. The minimum absolute atomic E-state index is 0.136. The fourth-order valence-corrected chi connectivity index (χ4v) is 1.59. The third kappa shape index (κ3) is 3.55. The van der Waals surface area contributed by atoms with Crippen LogP contribution in [0.3, 0.4) is 0 Å². The van der Waals surface area contributed by atoms with Crippen LogP contribution in [-0.4, -0.2) is 52.8 Å². The number of amides is 1. The number of carbonyl (C=O) groups excluding carboxylic acids is 2. The molecule has 0 aromatic carbocycles. The smallest absolute Gasteiger partial charge is 0.243 e. The maximum Gasteiger partial charge on any atom is 0.243 e. The lowest BCUT2D eigenvalue weighted by Crippen LogP contribution is -2.44. The SMILES string of the molecule is CC(=O)N(OC1CCN(O)CC1)C(C)[C]=O. The number of piperidine rings is 1. The average molecular weight is 229 g/mol. The van der Waals surface area contributed by atoms with E-state index in [9.17, 15) is 9.59 Å². The molecule has 0 saturated carbocycles. The average Bonchev–Trinajstić information content (AvgIpc) is 2.27. The minimum Gasteiger partial charge on any atom is -0.314 e. The molecule has 6 nitrogen and oxygen atoms in total. The van der Waals surface area contributed by atoms with Gasteiger partial charge in [-0.1, -0.05) is 0 Å². The van der Waals surface area contributed by atoms with Gasteiger partial charge in [0.1, 0.15) is 6.04 Å². The van der Waals surface area contributed by atoms with E-state index in [-0.39, 0.29) is 12.0 Å². The van der Waals surface area contributed by atoms with E-state index < -0.39 is 6.04 Å². The first kappa shape index (κ1) is 13.1. The molecule has 1 heterocycles. The van der Waals surface area contributed by atoms with Crippen molar-refractivity contribution < 1.29 is 19.6 Å². The van der Waals surface area contributed by atoms with Gasteiger partial charge in [-0.25, -0.2) is 5.06 Å². The highest BCUT2D eigenvalue weighted by Gasteiger charge is 2.25. The second-order valence-electron chi connectivity index (χ2n) is 3.90. The fraction of sp³-hybridized carbons (Fsp3) is 0.800. The van der Waals surface area contributed by atoms with Crippen LogP contribution >= 0.6 is 0 Å². The van der Waals surface area contributed by atoms with Crippen molar-refractivity contribution in [1.82, 2.24) is 10.1 Å². The summed E-state index contributed by atoms with van der Waals surface area (Å²) in [4.78, 5) is 27.2. The zero-order valence-electron chi connectivity index (χ0n) is 9.55. The van der Waals surface area contributed by atoms with Crippen molar-refractivity contribution in [2.24, 2.45) is 0 Å². The minimum atomic E-state index is -0.704. The van der Waals surface area contributed by atoms with E-state index in [1.807, 2.05) is 0 Å². The molecule has 1 aliphatic heterocycles. The first-order valence-electron chi connectivity index (χ1n) is 5.32. The molecule has 0 aromatic rings. The molecule has 6 heteroatoms. The molecule has 1 aliphatic rings. The quantitative estimate of drug-likeness (QED) is 0.693. The van der Waals surface area contributed by atoms with Crippen LogP contribution in [0.25, 0.3) is 0 Å². The Kier molecular flexibility index (Phi) is 4.85. The summed E-state index contributed by atoms with van der Waals surface area (Å²) in [7, 11) is 0. The van der Waals surface area contributed by atoms with E-state index in [0.717, 1.165) is 5.06 Å². The highest BCUT2D eigenvalue weighted by Crippen LogP contribution is 2.15. The highest BCUT2D eigenvalue weighted by molar-refractivity contribution is 5.76. The lowest BCUT2D eigenvalue weighted by Gasteiger charge is -2.32. The number of hydrogen-bond acceptors (Lipinski definition) is 5. The fourth-order valence-electron chi connectivity index (χ4n) is 1.59. The van der Waals surface area contributed by atoms with Crippen molar-refractivity contribution >= 4 is 12.2 Å². The van der Waals surface area contributed by atoms with Gasteiger partial charge in [-0.3, -0.25) is 14.4 Å². The standard InChI is InChI=1S/C10H17N2O4/c1-8(7-13)12(9(2)14)16-10-3-5-11(15)6-4-10/h8,10,15H,3-6H2,1-2H3. The molecule has 0 aromatic heterocycles. The molecule has 1 unspecified atom stereocenters. The summed E-state index contributed by atoms with van der Waals surface area (Å²) in [6.45, 7) is 3.91. The van der Waals surface area contributed by atoms with E-state index in [4.69, 9.17) is 10.0 Å². The predicted molar refractivity (Wildman–Crippen MR) is 55.1 cm³/mol. The molecule has 0 spiro atoms. The molecule has 1 N–H and O–H groups in total. The van der Waals surface area contributed by atoms with Gasteiger partial charge in [0.25, 0.3) is 0 Å². The second kappa shape index (κ2) is 5.93. The van der Waals surface area contributed by atoms with Crippen LogP contribution in [0, 0.1) is 0 Å². The third-order valence-corrected chi connectivity index (χ3v) is 2.51. The Hall–Kier alpha value is -0.980. The first-order chi connectivity index (χ1) is 7.54. The summed E-state index contributed by atoms with van der Waals surface area (Å²) in [6, 6.07) is -0.704. The summed E-state index contributed by atoms with van der Waals surface area (Å²) in [6.07, 6.45) is 2.84. The van der Waals surface area contributed by atoms with Crippen LogP contribution in [0.15, 0.2) is 0 Å². The van der Waals surface area contributed by atoms with E-state index in [1.165, 1.54) is 12.0 Å². The van der Waals surface area contributed by atoms with Crippen LogP contribution in [-0.2, 0) is 14.4 Å². The van der Waals surface area contributed by atoms with E-state index in [2.05, 4.69) is 0 Å². The third-order valence-electron chi connectivity index (χ3n) is 2.51. The Morgan fingerprint density at radius 3 is 2.56 bits per heavy atom. The second-order valence-corrected chi connectivity index (χ2v) is 3.90. The summed E-state index contributed by atoms with van der Waals surface area (Å²) in [5, 5.41) is 11.4. The molecule has 1 saturated heterocycles. The predicted octanol–water partition coefficient (Wildman–Crippen LogP) is 0.118. The lowest BCUT2D eigenvalue weighted by molar-refractivity contribution is -0.227. The maximum atomic E-state index is 11.2. The molecular formula is C10H17N2O4. The van der Waals surface area contributed by atoms with Crippen LogP contribution < -0.4 is 0 Å². The topological polar surface area (TPSA) is 70.1 Å². The zero-order valence-corrected chi connectivity index (χ0v) is 9.55. The number of hydrogen-bond donors (Lipinski definition) is 1. The number of hydroxylamine groups is 4. The van der Waals surface area contributed by atoms with Gasteiger partial charge < -0.3 is 5.21 Å². The summed E-state index contributed by atoms with van der Waals surface area (Å²) < 4.78 is 0. The largest absolute Gasteiger partial charge is 0.314 e. The zero-order chi connectivity index (χ0) is 12.1. The van der Waals surface area contributed by atoms with Gasteiger partial charge in [0.2, 0.25) is 12.2 Å². The lowest BCUT2D eigenvalue weighted by atomic mass is 10.1. The molecule has 91 valence electrons. The molecule has 1 rings (SSSR count). The molecule has 1 amide bonds. The molecule has 16 heavy (non-hydrogen) atoms. The van der Waals surface area contributed by atoms with Crippen molar-refractivity contribution in [3.8, 4) is 0 Å². The van der Waals surface area contributed by atoms with E-state index in [0.29, 0.717) is 25.9 Å². The maximum absolute atomic E-state index is 11.2. The number of rotatable bonds is 4. The number of nitrogens with zero attached hydrogens (tertiary/aromatic N) is 2. The summed E-state index contributed by atoms with van der Waals surface area (Å²) in [5.41, 5.74) is 0. The summed E-state index contributed by atoms with van der Waals surface area (Å²) >= 11 is 0. The Bertz CT molecular complexity index is 251. The first-order valence-corrected chi connectivity index (χ1v) is 5.32. The van der Waals surface area contributed by atoms with Gasteiger partial charge in [0, 0.05) is 20.0 Å². The molecule has 1 fully saturated rings. The van der Waals surface area contributed by atoms with E-state index in [1.54, 1.807) is 13.2 Å². The molecular weight excluding hydrogens is 212 g/mol. The van der Waals surface area contributed by atoms with Crippen molar-refractivity contribution in [3.63, 3.8) is 0 Å². The monoisotopic (exact) mass is 229 g/mol. The molecule has 0 aliphatic carbocycles. The van der Waals surface area contributed by atoms with Crippen LogP contribution in [0.1, 0.15) is 26.7 Å². The van der Waals surface area contributed by atoms with Crippen molar-refractivity contribution in [3.05, 3.63) is 0 Å². The van der Waals surface area contributed by atoms with Crippen molar-refractivity contribution in [2.45, 2.75) is 38.8 Å². The van der Waals surface area contributed by atoms with Crippen LogP contribution in [0.5, 0.6) is 0 Å². The van der Waals surface area contributed by atoms with Gasteiger partial charge in [0.05, 0.1) is 6.10 Å². The summed E-state index contributed by atoms with van der Waals surface area (Å²) in [5.74, 6) is -0.317. The van der Waals surface area contributed by atoms with Crippen LogP contribution in [0.2, 0.25) is 0 Å². The normalized spacial score (nSPS) is 20.4. The van der Waals surface area contributed by atoms with Gasteiger partial charge in [-0.2, -0.15) is 5.06 Å². The van der Waals surface area contributed by atoms with Crippen LogP contribution in [0.4, 0.5) is 0 Å².